The Bertz CT molecular complexity index is 221. The predicted octanol–water partition coefficient (Wildman–Crippen LogP) is 2.25. The van der Waals surface area contributed by atoms with E-state index in [2.05, 4.69) is 11.8 Å². The van der Waals surface area contributed by atoms with Gasteiger partial charge in [0.2, 0.25) is 0 Å². The molecule has 0 aromatic heterocycles. The lowest BCUT2D eigenvalue weighted by Gasteiger charge is -2.32. The van der Waals surface area contributed by atoms with Crippen LogP contribution in [0.1, 0.15) is 45.4 Å². The van der Waals surface area contributed by atoms with Crippen molar-refractivity contribution in [1.82, 2.24) is 4.90 Å². The average Bonchev–Trinajstić information content (AvgIpc) is 2.91. The molecule has 106 valence electrons. The second-order valence-electron chi connectivity index (χ2n) is 6.11. The predicted molar refractivity (Wildman–Crippen MR) is 75.6 cm³/mol. The van der Waals surface area contributed by atoms with Crippen LogP contribution in [-0.2, 0) is 4.74 Å². The van der Waals surface area contributed by atoms with Gasteiger partial charge in [-0.1, -0.05) is 6.92 Å². The number of hydrogen-bond acceptors (Lipinski definition) is 3. The van der Waals surface area contributed by atoms with Gasteiger partial charge in [0.15, 0.2) is 0 Å². The van der Waals surface area contributed by atoms with E-state index in [0.717, 1.165) is 38.1 Å². The van der Waals surface area contributed by atoms with Gasteiger partial charge in [-0.3, -0.25) is 0 Å². The fourth-order valence-electron chi connectivity index (χ4n) is 3.42. The first kappa shape index (κ1) is 14.3. The molecule has 0 radical (unpaired) electrons. The summed E-state index contributed by atoms with van der Waals surface area (Å²) < 4.78 is 5.75. The Kier molecular flexibility index (Phi) is 5.93. The highest BCUT2D eigenvalue weighted by molar-refractivity contribution is 4.77. The number of hydrogen-bond donors (Lipinski definition) is 1. The van der Waals surface area contributed by atoms with Gasteiger partial charge in [-0.05, 0) is 63.5 Å². The zero-order valence-electron chi connectivity index (χ0n) is 11.9. The van der Waals surface area contributed by atoms with E-state index in [1.54, 1.807) is 0 Å². The van der Waals surface area contributed by atoms with E-state index in [-0.39, 0.29) is 0 Å². The van der Waals surface area contributed by atoms with Gasteiger partial charge in [0.1, 0.15) is 0 Å². The van der Waals surface area contributed by atoms with Crippen LogP contribution in [0.4, 0.5) is 0 Å². The molecule has 0 bridgehead atoms. The van der Waals surface area contributed by atoms with Crippen LogP contribution < -0.4 is 5.73 Å². The topological polar surface area (TPSA) is 38.5 Å². The summed E-state index contributed by atoms with van der Waals surface area (Å²) in [5, 5.41) is 0. The number of likely N-dealkylation sites (N-methyl/N-ethyl adjacent to an activating group) is 1. The van der Waals surface area contributed by atoms with Gasteiger partial charge in [0, 0.05) is 19.7 Å². The number of rotatable bonds is 6. The summed E-state index contributed by atoms with van der Waals surface area (Å²) in [4.78, 5) is 2.60. The third-order valence-corrected chi connectivity index (χ3v) is 4.75. The van der Waals surface area contributed by atoms with Crippen molar-refractivity contribution in [2.45, 2.75) is 51.6 Å². The van der Waals surface area contributed by atoms with E-state index in [1.807, 2.05) is 0 Å². The molecule has 0 aromatic rings. The van der Waals surface area contributed by atoms with Crippen LogP contribution in [0.2, 0.25) is 0 Å². The average molecular weight is 254 g/mol. The van der Waals surface area contributed by atoms with Gasteiger partial charge >= 0.3 is 0 Å². The maximum absolute atomic E-state index is 5.76. The molecule has 2 N–H and O–H groups in total. The third-order valence-electron chi connectivity index (χ3n) is 4.75. The Morgan fingerprint density at radius 1 is 1.06 bits per heavy atom. The molecule has 3 heteroatoms. The van der Waals surface area contributed by atoms with Gasteiger partial charge in [0.25, 0.3) is 0 Å². The second kappa shape index (κ2) is 7.46. The van der Waals surface area contributed by atoms with E-state index in [1.165, 1.54) is 45.1 Å². The Hall–Kier alpha value is -0.120. The summed E-state index contributed by atoms with van der Waals surface area (Å²) in [5.74, 6) is 1.70. The minimum absolute atomic E-state index is 0.505. The molecule has 1 saturated carbocycles. The standard InChI is InChI=1S/C15H30N2O/c1-2-17(12-15-4-3-9-18-15)11-14-7-5-13(10-16)6-8-14/h13-15H,2-12,16H2,1H3. The van der Waals surface area contributed by atoms with Crippen molar-refractivity contribution in [3.05, 3.63) is 0 Å². The van der Waals surface area contributed by atoms with Crippen molar-refractivity contribution in [1.29, 1.82) is 0 Å². The lowest BCUT2D eigenvalue weighted by Crippen LogP contribution is -2.37. The maximum Gasteiger partial charge on any atom is 0.0702 e. The highest BCUT2D eigenvalue weighted by Gasteiger charge is 2.24. The smallest absolute Gasteiger partial charge is 0.0702 e. The molecule has 2 aliphatic rings. The van der Waals surface area contributed by atoms with Gasteiger partial charge in [-0.25, -0.2) is 0 Å². The Labute approximate surface area is 112 Å². The molecule has 1 aliphatic carbocycles. The second-order valence-corrected chi connectivity index (χ2v) is 6.11. The first-order valence-corrected chi connectivity index (χ1v) is 7.85. The molecule has 1 aliphatic heterocycles. The van der Waals surface area contributed by atoms with Crippen molar-refractivity contribution in [2.24, 2.45) is 17.6 Å². The third kappa shape index (κ3) is 4.22. The van der Waals surface area contributed by atoms with Crippen molar-refractivity contribution < 1.29 is 4.74 Å². The van der Waals surface area contributed by atoms with Crippen LogP contribution in [0, 0.1) is 11.8 Å². The van der Waals surface area contributed by atoms with Crippen molar-refractivity contribution in [2.75, 3.05) is 32.8 Å². The maximum atomic E-state index is 5.76. The van der Waals surface area contributed by atoms with Crippen molar-refractivity contribution in [3.8, 4) is 0 Å². The Balaban J connectivity index is 1.69. The number of ether oxygens (including phenoxy) is 1. The van der Waals surface area contributed by atoms with Crippen LogP contribution in [0.25, 0.3) is 0 Å². The number of nitrogens with zero attached hydrogens (tertiary/aromatic N) is 1. The summed E-state index contributed by atoms with van der Waals surface area (Å²) in [6, 6.07) is 0. The van der Waals surface area contributed by atoms with Crippen LogP contribution in [0.3, 0.4) is 0 Å². The van der Waals surface area contributed by atoms with Gasteiger partial charge in [0.05, 0.1) is 6.10 Å². The fraction of sp³-hybridized carbons (Fsp3) is 1.00. The van der Waals surface area contributed by atoms with Gasteiger partial charge in [-0.2, -0.15) is 0 Å². The molecular weight excluding hydrogens is 224 g/mol. The van der Waals surface area contributed by atoms with Gasteiger partial charge < -0.3 is 15.4 Å². The van der Waals surface area contributed by atoms with Crippen LogP contribution in [0.15, 0.2) is 0 Å². The lowest BCUT2D eigenvalue weighted by molar-refractivity contribution is 0.0654. The molecule has 0 aromatic carbocycles. The summed E-state index contributed by atoms with van der Waals surface area (Å²) >= 11 is 0. The number of nitrogens with two attached hydrogens (primary N) is 1. The quantitative estimate of drug-likeness (QED) is 0.790. The van der Waals surface area contributed by atoms with E-state index in [4.69, 9.17) is 10.5 Å². The van der Waals surface area contributed by atoms with E-state index < -0.39 is 0 Å². The molecule has 2 rings (SSSR count). The highest BCUT2D eigenvalue weighted by Crippen LogP contribution is 2.29. The largest absolute Gasteiger partial charge is 0.377 e. The van der Waals surface area contributed by atoms with Crippen molar-refractivity contribution in [3.63, 3.8) is 0 Å². The van der Waals surface area contributed by atoms with E-state index >= 15 is 0 Å². The summed E-state index contributed by atoms with van der Waals surface area (Å²) in [6.07, 6.45) is 8.47. The molecule has 0 amide bonds. The SMILES string of the molecule is CCN(CC1CCC(CN)CC1)CC1CCCO1. The molecule has 2 fully saturated rings. The molecular formula is C15H30N2O. The first-order chi connectivity index (χ1) is 8.81. The summed E-state index contributed by atoms with van der Waals surface area (Å²) in [5.41, 5.74) is 5.76. The molecule has 3 nitrogen and oxygen atoms in total. The Morgan fingerprint density at radius 3 is 2.33 bits per heavy atom. The molecule has 18 heavy (non-hydrogen) atoms. The molecule has 1 atom stereocenters. The molecule has 0 spiro atoms. The first-order valence-electron chi connectivity index (χ1n) is 7.85. The zero-order valence-corrected chi connectivity index (χ0v) is 11.9. The normalized spacial score (nSPS) is 33.2. The highest BCUT2D eigenvalue weighted by atomic mass is 16.5. The Morgan fingerprint density at radius 2 is 1.78 bits per heavy atom. The minimum Gasteiger partial charge on any atom is -0.377 e. The summed E-state index contributed by atoms with van der Waals surface area (Å²) in [6.45, 7) is 7.72. The minimum atomic E-state index is 0.505. The fourth-order valence-corrected chi connectivity index (χ4v) is 3.42. The lowest BCUT2D eigenvalue weighted by atomic mass is 9.82. The van der Waals surface area contributed by atoms with Crippen LogP contribution >= 0.6 is 0 Å². The molecule has 1 unspecified atom stereocenters. The van der Waals surface area contributed by atoms with Crippen molar-refractivity contribution >= 4 is 0 Å². The van der Waals surface area contributed by atoms with Crippen LogP contribution in [0.5, 0.6) is 0 Å². The van der Waals surface area contributed by atoms with Crippen LogP contribution in [-0.4, -0.2) is 43.8 Å². The summed E-state index contributed by atoms with van der Waals surface area (Å²) in [7, 11) is 0. The molecule has 1 saturated heterocycles. The zero-order chi connectivity index (χ0) is 12.8. The van der Waals surface area contributed by atoms with E-state index in [0.29, 0.717) is 6.10 Å². The molecule has 1 heterocycles. The monoisotopic (exact) mass is 254 g/mol. The van der Waals surface area contributed by atoms with Gasteiger partial charge in [-0.15, -0.1) is 0 Å². The van der Waals surface area contributed by atoms with E-state index in [9.17, 15) is 0 Å².